The van der Waals surface area contributed by atoms with Crippen molar-refractivity contribution in [3.8, 4) is 0 Å². The van der Waals surface area contributed by atoms with E-state index < -0.39 is 84.7 Å². The molecule has 1 aliphatic heterocycles. The van der Waals surface area contributed by atoms with Crippen molar-refractivity contribution in [1.29, 1.82) is 0 Å². The molecule has 234 valence electrons. The number of methoxy groups -OCH3 is 1. The molecular formula is C25H37N5O12. The maximum absolute atomic E-state index is 12.4. The molecule has 2 amide bonds. The van der Waals surface area contributed by atoms with Gasteiger partial charge in [-0.3, -0.25) is 19.2 Å². The number of amides is 2. The lowest BCUT2D eigenvalue weighted by Crippen LogP contribution is -2.64. The zero-order valence-corrected chi connectivity index (χ0v) is 24.7. The van der Waals surface area contributed by atoms with E-state index in [0.717, 1.165) is 27.9 Å². The monoisotopic (exact) mass is 599 g/mol. The maximum atomic E-state index is 12.4. The average molecular weight is 600 g/mol. The highest BCUT2D eigenvalue weighted by Gasteiger charge is 2.51. The first-order valence-corrected chi connectivity index (χ1v) is 12.9. The number of rotatable bonds is 10. The van der Waals surface area contributed by atoms with Gasteiger partial charge in [-0.1, -0.05) is 5.21 Å². The molecule has 0 unspecified atom stereocenters. The predicted octanol–water partition coefficient (Wildman–Crippen LogP) is -0.284. The Balaban J connectivity index is 2.46. The van der Waals surface area contributed by atoms with Crippen LogP contribution in [0.25, 0.3) is 0 Å². The highest BCUT2D eigenvalue weighted by atomic mass is 16.6. The SMILES string of the molecule is COC(=O)[C@@H](Cc1cn([C@@H]2O[C@H](COC(C)=O)[C@@H](OC(C)=O)[C@H](OC(C)=O)[C@H]2NC(C)=O)nn1)NC(=O)OC(C)(C)C. The zero-order chi connectivity index (χ0) is 31.8. The van der Waals surface area contributed by atoms with Crippen LogP contribution in [0.4, 0.5) is 4.79 Å². The van der Waals surface area contributed by atoms with E-state index in [1.165, 1.54) is 17.8 Å². The highest BCUT2D eigenvalue weighted by Crippen LogP contribution is 2.32. The Morgan fingerprint density at radius 2 is 1.62 bits per heavy atom. The Labute approximate surface area is 241 Å². The molecule has 17 nitrogen and oxygen atoms in total. The summed E-state index contributed by atoms with van der Waals surface area (Å²) in [5.41, 5.74) is -0.634. The molecule has 0 aliphatic carbocycles. The van der Waals surface area contributed by atoms with Crippen molar-refractivity contribution in [2.45, 2.75) is 97.1 Å². The summed E-state index contributed by atoms with van der Waals surface area (Å²) in [6.07, 6.45) is -4.66. The van der Waals surface area contributed by atoms with Crippen LogP contribution in [-0.4, -0.2) is 101 Å². The largest absolute Gasteiger partial charge is 0.467 e. The minimum absolute atomic E-state index is 0.177. The fourth-order valence-corrected chi connectivity index (χ4v) is 4.06. The summed E-state index contributed by atoms with van der Waals surface area (Å²) in [5.74, 6) is -3.48. The molecule has 0 spiro atoms. The third kappa shape index (κ3) is 10.3. The van der Waals surface area contributed by atoms with Crippen LogP contribution in [0.3, 0.4) is 0 Å². The fourth-order valence-electron chi connectivity index (χ4n) is 4.06. The molecule has 0 aromatic carbocycles. The van der Waals surface area contributed by atoms with E-state index in [0.29, 0.717) is 0 Å². The second kappa shape index (κ2) is 14.6. The molecule has 2 N–H and O–H groups in total. The number of aromatic nitrogens is 3. The van der Waals surface area contributed by atoms with E-state index in [1.54, 1.807) is 20.8 Å². The minimum Gasteiger partial charge on any atom is -0.467 e. The van der Waals surface area contributed by atoms with E-state index >= 15 is 0 Å². The van der Waals surface area contributed by atoms with Gasteiger partial charge in [-0.05, 0) is 20.8 Å². The smallest absolute Gasteiger partial charge is 0.408 e. The normalized spacial score (nSPS) is 22.6. The lowest BCUT2D eigenvalue weighted by atomic mass is 9.95. The zero-order valence-electron chi connectivity index (χ0n) is 24.7. The summed E-state index contributed by atoms with van der Waals surface area (Å²) < 4.78 is 33.2. The number of alkyl carbamates (subject to hydrolysis) is 1. The van der Waals surface area contributed by atoms with Crippen LogP contribution in [0.1, 0.15) is 60.4 Å². The first-order valence-electron chi connectivity index (χ1n) is 12.9. The fraction of sp³-hybridized carbons (Fsp3) is 0.680. The van der Waals surface area contributed by atoms with Crippen LogP contribution < -0.4 is 10.6 Å². The van der Waals surface area contributed by atoms with E-state index in [1.807, 2.05) is 0 Å². The number of nitrogens with one attached hydrogen (secondary N) is 2. The molecule has 1 aliphatic rings. The summed E-state index contributed by atoms with van der Waals surface area (Å²) >= 11 is 0. The molecule has 1 aromatic rings. The van der Waals surface area contributed by atoms with Gasteiger partial charge in [0, 0.05) is 34.1 Å². The molecule has 2 rings (SSSR count). The van der Waals surface area contributed by atoms with E-state index in [2.05, 4.69) is 20.9 Å². The number of nitrogens with zero attached hydrogens (tertiary/aromatic N) is 3. The lowest BCUT2D eigenvalue weighted by molar-refractivity contribution is -0.239. The van der Waals surface area contributed by atoms with Crippen molar-refractivity contribution in [3.63, 3.8) is 0 Å². The molecule has 0 bridgehead atoms. The quantitative estimate of drug-likeness (QED) is 0.261. The van der Waals surface area contributed by atoms with Gasteiger partial charge in [-0.15, -0.1) is 5.10 Å². The number of esters is 4. The molecule has 6 atom stereocenters. The van der Waals surface area contributed by atoms with Gasteiger partial charge in [-0.25, -0.2) is 14.3 Å². The second-order valence-corrected chi connectivity index (χ2v) is 10.4. The molecule has 42 heavy (non-hydrogen) atoms. The Morgan fingerprint density at radius 1 is 1.00 bits per heavy atom. The summed E-state index contributed by atoms with van der Waals surface area (Å²) in [6, 6.07) is -2.37. The summed E-state index contributed by atoms with van der Waals surface area (Å²) in [4.78, 5) is 72.4. The molecule has 1 fully saturated rings. The molecule has 17 heteroatoms. The molecular weight excluding hydrogens is 562 g/mol. The van der Waals surface area contributed by atoms with Crippen LogP contribution in [0.2, 0.25) is 0 Å². The highest BCUT2D eigenvalue weighted by molar-refractivity contribution is 5.81. The Morgan fingerprint density at radius 3 is 2.14 bits per heavy atom. The van der Waals surface area contributed by atoms with E-state index in [4.69, 9.17) is 28.4 Å². The summed E-state index contributed by atoms with van der Waals surface area (Å²) in [6.45, 7) is 9.20. The molecule has 0 radical (unpaired) electrons. The van der Waals surface area contributed by atoms with Crippen LogP contribution >= 0.6 is 0 Å². The standard InChI is InChI=1S/C25H37N5O12/c1-12(31)26-19-21(40-15(4)34)20(39-14(3)33)18(11-38-13(2)32)41-22(19)30-10-16(28-29-30)9-17(23(35)37-8)27-24(36)42-25(5,6)7/h10,17-22H,9,11H2,1-8H3,(H,26,31)(H,27,36)/t17-,18-,19-,20-,21-,22-/m1/s1. The van der Waals surface area contributed by atoms with Gasteiger partial charge in [0.05, 0.1) is 19.0 Å². The molecule has 0 saturated carbocycles. The van der Waals surface area contributed by atoms with Crippen LogP contribution in [-0.2, 0) is 58.8 Å². The first kappa shape index (κ1) is 33.9. The molecule has 1 aromatic heterocycles. The van der Waals surface area contributed by atoms with Crippen molar-refractivity contribution >= 4 is 35.9 Å². The minimum atomic E-state index is -1.31. The lowest BCUT2D eigenvalue weighted by Gasteiger charge is -2.45. The number of hydrogen-bond donors (Lipinski definition) is 2. The van der Waals surface area contributed by atoms with Crippen molar-refractivity contribution in [3.05, 3.63) is 11.9 Å². The van der Waals surface area contributed by atoms with Crippen molar-refractivity contribution in [1.82, 2.24) is 25.6 Å². The average Bonchev–Trinajstić information content (AvgIpc) is 3.30. The van der Waals surface area contributed by atoms with E-state index in [9.17, 15) is 28.8 Å². The van der Waals surface area contributed by atoms with Gasteiger partial charge in [0.25, 0.3) is 0 Å². The summed E-state index contributed by atoms with van der Waals surface area (Å²) in [5, 5.41) is 13.1. The number of ether oxygens (including phenoxy) is 6. The van der Waals surface area contributed by atoms with Gasteiger partial charge in [0.1, 0.15) is 30.4 Å². The second-order valence-electron chi connectivity index (χ2n) is 10.4. The predicted molar refractivity (Wildman–Crippen MR) is 138 cm³/mol. The molecule has 2 heterocycles. The van der Waals surface area contributed by atoms with Crippen molar-refractivity contribution < 1.29 is 57.2 Å². The third-order valence-corrected chi connectivity index (χ3v) is 5.50. The van der Waals surface area contributed by atoms with Crippen LogP contribution in [0.15, 0.2) is 6.20 Å². The van der Waals surface area contributed by atoms with Crippen molar-refractivity contribution in [2.24, 2.45) is 0 Å². The van der Waals surface area contributed by atoms with Crippen LogP contribution in [0.5, 0.6) is 0 Å². The van der Waals surface area contributed by atoms with Crippen molar-refractivity contribution in [2.75, 3.05) is 13.7 Å². The molecule has 1 saturated heterocycles. The Bertz CT molecular complexity index is 1160. The number of carbonyl (C=O) groups is 6. The van der Waals surface area contributed by atoms with Gasteiger partial charge >= 0.3 is 30.0 Å². The first-order chi connectivity index (χ1) is 19.5. The van der Waals surface area contributed by atoms with E-state index in [-0.39, 0.29) is 12.1 Å². The Kier molecular flexibility index (Phi) is 11.8. The summed E-state index contributed by atoms with van der Waals surface area (Å²) in [7, 11) is 1.15. The van der Waals surface area contributed by atoms with Gasteiger partial charge in [0.2, 0.25) is 5.91 Å². The maximum Gasteiger partial charge on any atom is 0.408 e. The van der Waals surface area contributed by atoms with Gasteiger partial charge in [0.15, 0.2) is 18.4 Å². The Hall–Kier alpha value is -4.28. The van der Waals surface area contributed by atoms with Gasteiger partial charge < -0.3 is 39.1 Å². The van der Waals surface area contributed by atoms with Crippen LogP contribution in [0, 0.1) is 0 Å². The third-order valence-electron chi connectivity index (χ3n) is 5.50. The number of hydrogen-bond acceptors (Lipinski definition) is 14. The van der Waals surface area contributed by atoms with Gasteiger partial charge in [-0.2, -0.15) is 0 Å². The number of carbonyl (C=O) groups excluding carboxylic acids is 6. The topological polar surface area (TPSA) is 213 Å².